The van der Waals surface area contributed by atoms with Crippen LogP contribution in [0.1, 0.15) is 36.2 Å². The van der Waals surface area contributed by atoms with Gasteiger partial charge in [-0.15, -0.1) is 12.4 Å². The lowest BCUT2D eigenvalue weighted by atomic mass is 10.0. The Bertz CT molecular complexity index is 687. The van der Waals surface area contributed by atoms with Crippen LogP contribution in [-0.2, 0) is 6.54 Å². The first-order valence-corrected chi connectivity index (χ1v) is 8.53. The second-order valence-electron chi connectivity index (χ2n) is 6.44. The number of carbonyl (C=O) groups excluding carboxylic acids is 1. The maximum absolute atomic E-state index is 12.5. The number of benzene rings is 1. The second kappa shape index (κ2) is 9.80. The van der Waals surface area contributed by atoms with Gasteiger partial charge in [0.25, 0.3) is 5.91 Å². The largest absolute Gasteiger partial charge is 0.342 e. The van der Waals surface area contributed by atoms with Gasteiger partial charge in [-0.2, -0.15) is 5.10 Å². The summed E-state index contributed by atoms with van der Waals surface area (Å²) in [6, 6.07) is 7.72. The van der Waals surface area contributed by atoms with Crippen LogP contribution in [0.5, 0.6) is 0 Å². The Morgan fingerprint density at radius 2 is 2.04 bits per heavy atom. The van der Waals surface area contributed by atoms with Gasteiger partial charge in [0.2, 0.25) is 0 Å². The zero-order valence-electron chi connectivity index (χ0n) is 14.9. The fourth-order valence-corrected chi connectivity index (χ4v) is 2.56. The molecule has 1 heterocycles. The van der Waals surface area contributed by atoms with E-state index in [9.17, 15) is 4.79 Å². The second-order valence-corrected chi connectivity index (χ2v) is 6.85. The summed E-state index contributed by atoms with van der Waals surface area (Å²) in [4.78, 5) is 14.2. The number of rotatable bonds is 7. The molecule has 0 aliphatic heterocycles. The summed E-state index contributed by atoms with van der Waals surface area (Å²) in [7, 11) is 1.79. The highest BCUT2D eigenvalue weighted by Crippen LogP contribution is 2.16. The van der Waals surface area contributed by atoms with E-state index < -0.39 is 0 Å². The molecule has 0 aliphatic rings. The molecule has 1 atom stereocenters. The van der Waals surface area contributed by atoms with E-state index in [2.05, 4.69) is 18.9 Å². The summed E-state index contributed by atoms with van der Waals surface area (Å²) in [6.45, 7) is 5.35. The minimum Gasteiger partial charge on any atom is -0.342 e. The minimum atomic E-state index is -0.0450. The Morgan fingerprint density at radius 3 is 2.68 bits per heavy atom. The molecule has 1 aromatic carbocycles. The average molecular weight is 385 g/mol. The minimum absolute atomic E-state index is 0. The van der Waals surface area contributed by atoms with Crippen molar-refractivity contribution in [3.05, 3.63) is 52.8 Å². The Hall–Kier alpha value is -1.56. The monoisotopic (exact) mass is 384 g/mol. The molecule has 2 N–H and O–H groups in total. The highest BCUT2D eigenvalue weighted by Gasteiger charge is 2.16. The van der Waals surface area contributed by atoms with E-state index in [0.717, 1.165) is 12.0 Å². The molecule has 2 aromatic rings. The molecule has 138 valence electrons. The third kappa shape index (κ3) is 6.03. The fourth-order valence-electron chi connectivity index (χ4n) is 2.36. The van der Waals surface area contributed by atoms with Gasteiger partial charge in [0, 0.05) is 30.9 Å². The van der Waals surface area contributed by atoms with Crippen LogP contribution in [-0.4, -0.2) is 40.2 Å². The van der Waals surface area contributed by atoms with Crippen LogP contribution in [0.25, 0.3) is 0 Å². The van der Waals surface area contributed by atoms with Crippen LogP contribution in [0.3, 0.4) is 0 Å². The van der Waals surface area contributed by atoms with Crippen LogP contribution in [0.15, 0.2) is 36.7 Å². The van der Waals surface area contributed by atoms with Gasteiger partial charge >= 0.3 is 0 Å². The SMILES string of the molecule is CC(C)C(N)CCN(C)C(=O)c1cnn(Cc2ccccc2Cl)c1.Cl. The van der Waals surface area contributed by atoms with Crippen LogP contribution >= 0.6 is 24.0 Å². The molecular weight excluding hydrogens is 359 g/mol. The van der Waals surface area contributed by atoms with E-state index in [1.807, 2.05) is 24.3 Å². The van der Waals surface area contributed by atoms with Crippen molar-refractivity contribution < 1.29 is 4.79 Å². The first kappa shape index (κ1) is 21.5. The van der Waals surface area contributed by atoms with Crippen LogP contribution in [0, 0.1) is 5.92 Å². The maximum Gasteiger partial charge on any atom is 0.256 e. The third-order valence-electron chi connectivity index (χ3n) is 4.17. The van der Waals surface area contributed by atoms with Crippen LogP contribution < -0.4 is 5.73 Å². The number of nitrogens with zero attached hydrogens (tertiary/aromatic N) is 3. The normalized spacial score (nSPS) is 11.9. The summed E-state index contributed by atoms with van der Waals surface area (Å²) in [6.07, 6.45) is 4.14. The van der Waals surface area contributed by atoms with Gasteiger partial charge in [0.05, 0.1) is 18.3 Å². The lowest BCUT2D eigenvalue weighted by Gasteiger charge is -2.21. The molecular formula is C18H26Cl2N4O. The number of carbonyl (C=O) groups is 1. The van der Waals surface area contributed by atoms with Crippen LogP contribution in [0.4, 0.5) is 0 Å². The van der Waals surface area contributed by atoms with Crippen molar-refractivity contribution in [3.63, 3.8) is 0 Å². The van der Waals surface area contributed by atoms with Crippen molar-refractivity contribution in [2.24, 2.45) is 11.7 Å². The molecule has 0 spiro atoms. The van der Waals surface area contributed by atoms with Crippen molar-refractivity contribution in [1.29, 1.82) is 0 Å². The van der Waals surface area contributed by atoms with Crippen molar-refractivity contribution in [2.45, 2.75) is 32.9 Å². The van der Waals surface area contributed by atoms with Crippen molar-refractivity contribution in [1.82, 2.24) is 14.7 Å². The van der Waals surface area contributed by atoms with E-state index in [1.165, 1.54) is 0 Å². The van der Waals surface area contributed by atoms with Gasteiger partial charge in [0.15, 0.2) is 0 Å². The van der Waals surface area contributed by atoms with Gasteiger partial charge in [-0.05, 0) is 24.0 Å². The third-order valence-corrected chi connectivity index (χ3v) is 4.54. The lowest BCUT2D eigenvalue weighted by molar-refractivity contribution is 0.0789. The molecule has 0 radical (unpaired) electrons. The van der Waals surface area contributed by atoms with Gasteiger partial charge in [-0.25, -0.2) is 0 Å². The summed E-state index contributed by atoms with van der Waals surface area (Å²) in [5, 5.41) is 4.96. The zero-order chi connectivity index (χ0) is 17.7. The quantitative estimate of drug-likeness (QED) is 0.794. The molecule has 0 bridgehead atoms. The molecule has 1 aromatic heterocycles. The molecule has 0 saturated heterocycles. The summed E-state index contributed by atoms with van der Waals surface area (Å²) in [5.41, 5.74) is 7.58. The first-order valence-electron chi connectivity index (χ1n) is 8.15. The van der Waals surface area contributed by atoms with E-state index in [0.29, 0.717) is 29.6 Å². The lowest BCUT2D eigenvalue weighted by Crippen LogP contribution is -2.34. The Morgan fingerprint density at radius 1 is 1.36 bits per heavy atom. The average Bonchev–Trinajstić information content (AvgIpc) is 3.02. The highest BCUT2D eigenvalue weighted by atomic mass is 35.5. The standard InChI is InChI=1S/C18H25ClN4O.ClH/c1-13(2)17(20)8-9-22(3)18(24)15-10-21-23(12-15)11-14-6-4-5-7-16(14)19;/h4-7,10,12-13,17H,8-9,11,20H2,1-3H3;1H. The Balaban J connectivity index is 0.00000312. The molecule has 1 unspecified atom stereocenters. The molecule has 25 heavy (non-hydrogen) atoms. The first-order chi connectivity index (χ1) is 11.4. The Kier molecular flexibility index (Phi) is 8.42. The summed E-state index contributed by atoms with van der Waals surface area (Å²) >= 11 is 6.16. The van der Waals surface area contributed by atoms with Gasteiger partial charge in [0.1, 0.15) is 0 Å². The number of amides is 1. The Labute approximate surface area is 160 Å². The van der Waals surface area contributed by atoms with E-state index in [4.69, 9.17) is 17.3 Å². The molecule has 0 saturated carbocycles. The predicted octanol–water partition coefficient (Wildman–Crippen LogP) is 3.45. The van der Waals surface area contributed by atoms with Crippen molar-refractivity contribution in [3.8, 4) is 0 Å². The fraction of sp³-hybridized carbons (Fsp3) is 0.444. The molecule has 0 aliphatic carbocycles. The topological polar surface area (TPSA) is 64.2 Å². The molecule has 0 fully saturated rings. The smallest absolute Gasteiger partial charge is 0.256 e. The number of nitrogens with two attached hydrogens (primary N) is 1. The van der Waals surface area contributed by atoms with Gasteiger partial charge < -0.3 is 10.6 Å². The van der Waals surface area contributed by atoms with E-state index in [1.54, 1.807) is 29.0 Å². The molecule has 1 amide bonds. The number of aromatic nitrogens is 2. The van der Waals surface area contributed by atoms with Crippen LogP contribution in [0.2, 0.25) is 5.02 Å². The van der Waals surface area contributed by atoms with Crippen molar-refractivity contribution >= 4 is 29.9 Å². The summed E-state index contributed by atoms with van der Waals surface area (Å²) in [5.74, 6) is 0.364. The molecule has 5 nitrogen and oxygen atoms in total. The van der Waals surface area contributed by atoms with Gasteiger partial charge in [-0.1, -0.05) is 43.6 Å². The van der Waals surface area contributed by atoms with Crippen molar-refractivity contribution in [2.75, 3.05) is 13.6 Å². The maximum atomic E-state index is 12.5. The zero-order valence-corrected chi connectivity index (χ0v) is 16.4. The summed E-state index contributed by atoms with van der Waals surface area (Å²) < 4.78 is 1.72. The highest BCUT2D eigenvalue weighted by molar-refractivity contribution is 6.31. The van der Waals surface area contributed by atoms with E-state index >= 15 is 0 Å². The number of hydrogen-bond donors (Lipinski definition) is 1. The molecule has 7 heteroatoms. The van der Waals surface area contributed by atoms with Gasteiger partial charge in [-0.3, -0.25) is 9.48 Å². The molecule has 2 rings (SSSR count). The van der Waals surface area contributed by atoms with E-state index in [-0.39, 0.29) is 24.4 Å². The predicted molar refractivity (Wildman–Crippen MR) is 104 cm³/mol. The number of halogens is 2. The number of hydrogen-bond acceptors (Lipinski definition) is 3.